The Kier molecular flexibility index (Phi) is 3.94. The zero-order chi connectivity index (χ0) is 11.4. The Morgan fingerprint density at radius 3 is 2.33 bits per heavy atom. The lowest BCUT2D eigenvalue weighted by molar-refractivity contribution is -0.122. The van der Waals surface area contributed by atoms with Crippen LogP contribution in [0.15, 0.2) is 0 Å². The third-order valence-corrected chi connectivity index (χ3v) is 1.99. The van der Waals surface area contributed by atoms with Crippen LogP contribution in [0.1, 0.15) is 33.6 Å². The summed E-state index contributed by atoms with van der Waals surface area (Å²) < 4.78 is 4.86. The van der Waals surface area contributed by atoms with Gasteiger partial charge in [-0.3, -0.25) is 4.79 Å². The third-order valence-electron chi connectivity index (χ3n) is 1.99. The van der Waals surface area contributed by atoms with E-state index in [9.17, 15) is 9.59 Å². The number of carbonyl (C=O) groups is 2. The average Bonchev–Trinajstić information content (AvgIpc) is 2.86. The molecule has 86 valence electrons. The van der Waals surface area contributed by atoms with Crippen molar-refractivity contribution in [1.29, 1.82) is 0 Å². The van der Waals surface area contributed by atoms with Crippen LogP contribution in [0.5, 0.6) is 0 Å². The topological polar surface area (TPSA) is 67.4 Å². The number of ether oxygens (including phenoxy) is 1. The molecule has 0 saturated heterocycles. The largest absolute Gasteiger partial charge is 0.447 e. The molecule has 1 saturated carbocycles. The van der Waals surface area contributed by atoms with E-state index in [1.165, 1.54) is 0 Å². The second-order valence-corrected chi connectivity index (χ2v) is 4.10. The molecule has 15 heavy (non-hydrogen) atoms. The van der Waals surface area contributed by atoms with Gasteiger partial charge in [0.05, 0.1) is 6.10 Å². The second-order valence-electron chi connectivity index (χ2n) is 4.10. The van der Waals surface area contributed by atoms with Crippen LogP contribution in [0.25, 0.3) is 0 Å². The maximum absolute atomic E-state index is 11.4. The summed E-state index contributed by atoms with van der Waals surface area (Å²) in [6, 6.07) is -0.236. The van der Waals surface area contributed by atoms with Gasteiger partial charge in [0, 0.05) is 6.04 Å². The van der Waals surface area contributed by atoms with E-state index in [4.69, 9.17) is 4.74 Å². The molecule has 1 atom stereocenters. The van der Waals surface area contributed by atoms with Crippen molar-refractivity contribution in [3.8, 4) is 0 Å². The van der Waals surface area contributed by atoms with Crippen LogP contribution < -0.4 is 10.6 Å². The monoisotopic (exact) mass is 214 g/mol. The number of carbonyl (C=O) groups excluding carboxylic acids is 2. The fourth-order valence-electron chi connectivity index (χ4n) is 1.04. The van der Waals surface area contributed by atoms with Gasteiger partial charge in [0.25, 0.3) is 0 Å². The molecule has 0 aromatic rings. The Morgan fingerprint density at radius 1 is 1.27 bits per heavy atom. The summed E-state index contributed by atoms with van der Waals surface area (Å²) in [7, 11) is 0. The van der Waals surface area contributed by atoms with Crippen LogP contribution >= 0.6 is 0 Å². The Hall–Kier alpha value is -1.26. The molecule has 5 heteroatoms. The SMILES string of the molecule is CC(C)OC(=O)NC(C)C(=O)NC1CC1. The summed E-state index contributed by atoms with van der Waals surface area (Å²) in [4.78, 5) is 22.6. The summed E-state index contributed by atoms with van der Waals surface area (Å²) in [6.45, 7) is 5.16. The number of hydrogen-bond acceptors (Lipinski definition) is 3. The minimum absolute atomic E-state index is 0.154. The van der Waals surface area contributed by atoms with Crippen molar-refractivity contribution in [2.45, 2.75) is 51.8 Å². The molecule has 1 aliphatic carbocycles. The molecule has 5 nitrogen and oxygen atoms in total. The van der Waals surface area contributed by atoms with Crippen molar-refractivity contribution < 1.29 is 14.3 Å². The first-order valence-corrected chi connectivity index (χ1v) is 5.26. The van der Waals surface area contributed by atoms with Crippen LogP contribution in [0.4, 0.5) is 4.79 Å². The average molecular weight is 214 g/mol. The van der Waals surface area contributed by atoms with Crippen LogP contribution in [-0.4, -0.2) is 30.2 Å². The number of nitrogens with one attached hydrogen (secondary N) is 2. The quantitative estimate of drug-likeness (QED) is 0.727. The molecular formula is C10H18N2O3. The summed E-state index contributed by atoms with van der Waals surface area (Å²) in [6.07, 6.45) is 1.34. The zero-order valence-corrected chi connectivity index (χ0v) is 9.37. The molecule has 0 radical (unpaired) electrons. The van der Waals surface area contributed by atoms with Crippen molar-refractivity contribution in [2.75, 3.05) is 0 Å². The van der Waals surface area contributed by atoms with Crippen molar-refractivity contribution in [3.63, 3.8) is 0 Å². The number of amides is 2. The highest BCUT2D eigenvalue weighted by Gasteiger charge is 2.26. The summed E-state index contributed by atoms with van der Waals surface area (Å²) in [5, 5.41) is 5.27. The van der Waals surface area contributed by atoms with Gasteiger partial charge in [0.2, 0.25) is 5.91 Å². The summed E-state index contributed by atoms with van der Waals surface area (Å²) in [5.41, 5.74) is 0. The lowest BCUT2D eigenvalue weighted by atomic mass is 10.3. The summed E-state index contributed by atoms with van der Waals surface area (Å²) in [5.74, 6) is -0.154. The normalized spacial score (nSPS) is 17.1. The van der Waals surface area contributed by atoms with E-state index in [1.54, 1.807) is 20.8 Å². The van der Waals surface area contributed by atoms with Gasteiger partial charge in [0.1, 0.15) is 6.04 Å². The standard InChI is InChI=1S/C10H18N2O3/c1-6(2)15-10(14)11-7(3)9(13)12-8-4-5-8/h6-8H,4-5H2,1-3H3,(H,11,14)(H,12,13). The minimum atomic E-state index is -0.552. The molecule has 1 fully saturated rings. The van der Waals surface area contributed by atoms with Gasteiger partial charge < -0.3 is 15.4 Å². The van der Waals surface area contributed by atoms with E-state index in [0.717, 1.165) is 12.8 Å². The van der Waals surface area contributed by atoms with Crippen molar-refractivity contribution in [3.05, 3.63) is 0 Å². The van der Waals surface area contributed by atoms with Gasteiger partial charge in [0.15, 0.2) is 0 Å². The minimum Gasteiger partial charge on any atom is -0.447 e. The maximum atomic E-state index is 11.4. The lowest BCUT2D eigenvalue weighted by Gasteiger charge is -2.15. The van der Waals surface area contributed by atoms with Gasteiger partial charge in [-0.2, -0.15) is 0 Å². The van der Waals surface area contributed by atoms with E-state index >= 15 is 0 Å². The Labute approximate surface area is 89.6 Å². The highest BCUT2D eigenvalue weighted by molar-refractivity contribution is 5.85. The Morgan fingerprint density at radius 2 is 1.87 bits per heavy atom. The first-order valence-electron chi connectivity index (χ1n) is 5.26. The van der Waals surface area contributed by atoms with E-state index < -0.39 is 12.1 Å². The Balaban J connectivity index is 2.23. The van der Waals surface area contributed by atoms with Gasteiger partial charge in [-0.1, -0.05) is 0 Å². The zero-order valence-electron chi connectivity index (χ0n) is 9.37. The second kappa shape index (κ2) is 5.00. The van der Waals surface area contributed by atoms with Crippen molar-refractivity contribution in [1.82, 2.24) is 10.6 Å². The first kappa shape index (κ1) is 11.8. The van der Waals surface area contributed by atoms with Crippen molar-refractivity contribution >= 4 is 12.0 Å². The molecule has 0 bridgehead atoms. The van der Waals surface area contributed by atoms with E-state index in [-0.39, 0.29) is 12.0 Å². The highest BCUT2D eigenvalue weighted by Crippen LogP contribution is 2.18. The molecule has 0 aromatic carbocycles. The number of rotatable bonds is 4. The fraction of sp³-hybridized carbons (Fsp3) is 0.800. The van der Waals surface area contributed by atoms with Crippen LogP contribution in [0.2, 0.25) is 0 Å². The predicted octanol–water partition coefficient (Wildman–Crippen LogP) is 0.788. The van der Waals surface area contributed by atoms with Crippen LogP contribution in [0.3, 0.4) is 0 Å². The summed E-state index contributed by atoms with van der Waals surface area (Å²) >= 11 is 0. The maximum Gasteiger partial charge on any atom is 0.408 e. The fourth-order valence-corrected chi connectivity index (χ4v) is 1.04. The molecule has 2 amide bonds. The first-order chi connectivity index (χ1) is 6.99. The highest BCUT2D eigenvalue weighted by atomic mass is 16.6. The molecule has 1 aliphatic rings. The third kappa shape index (κ3) is 4.67. The van der Waals surface area contributed by atoms with Gasteiger partial charge >= 0.3 is 6.09 Å². The molecular weight excluding hydrogens is 196 g/mol. The smallest absolute Gasteiger partial charge is 0.408 e. The molecule has 0 spiro atoms. The van der Waals surface area contributed by atoms with Crippen LogP contribution in [0, 0.1) is 0 Å². The van der Waals surface area contributed by atoms with Gasteiger partial charge in [-0.25, -0.2) is 4.79 Å². The molecule has 1 rings (SSSR count). The molecule has 0 aromatic heterocycles. The molecule has 2 N–H and O–H groups in total. The molecule has 0 aliphatic heterocycles. The lowest BCUT2D eigenvalue weighted by Crippen LogP contribution is -2.46. The number of hydrogen-bond donors (Lipinski definition) is 2. The Bertz CT molecular complexity index is 249. The molecule has 0 heterocycles. The van der Waals surface area contributed by atoms with Gasteiger partial charge in [-0.05, 0) is 33.6 Å². The van der Waals surface area contributed by atoms with E-state index in [1.807, 2.05) is 0 Å². The van der Waals surface area contributed by atoms with E-state index in [2.05, 4.69) is 10.6 Å². The van der Waals surface area contributed by atoms with Crippen LogP contribution in [-0.2, 0) is 9.53 Å². The van der Waals surface area contributed by atoms with Crippen molar-refractivity contribution in [2.24, 2.45) is 0 Å². The predicted molar refractivity (Wildman–Crippen MR) is 55.4 cm³/mol. The molecule has 1 unspecified atom stereocenters. The van der Waals surface area contributed by atoms with Gasteiger partial charge in [-0.15, -0.1) is 0 Å². The number of alkyl carbamates (subject to hydrolysis) is 1. The van der Waals surface area contributed by atoms with E-state index in [0.29, 0.717) is 6.04 Å².